The van der Waals surface area contributed by atoms with Gasteiger partial charge < -0.3 is 39.4 Å². The molecule has 0 fully saturated rings. The van der Waals surface area contributed by atoms with Crippen molar-refractivity contribution in [2.45, 2.75) is 18.2 Å². The maximum atomic E-state index is 10.7. The van der Waals surface area contributed by atoms with Crippen molar-refractivity contribution in [2.75, 3.05) is 39.6 Å². The van der Waals surface area contributed by atoms with Crippen molar-refractivity contribution < 1.29 is 39.4 Å². The Kier molecular flexibility index (Phi) is 8.59. The van der Waals surface area contributed by atoms with E-state index >= 15 is 0 Å². The van der Waals surface area contributed by atoms with Gasteiger partial charge in [0.2, 0.25) is 5.89 Å². The molecule has 2 heterocycles. The predicted molar refractivity (Wildman–Crippen MR) is 127 cm³/mol. The molecule has 5 N–H and O–H groups in total. The van der Waals surface area contributed by atoms with Crippen LogP contribution in [0.5, 0.6) is 5.75 Å². The summed E-state index contributed by atoms with van der Waals surface area (Å²) in [6.45, 7) is -1.44. The number of phenolic OH excluding ortho intramolecular Hbond substituents is 1. The van der Waals surface area contributed by atoms with E-state index in [1.807, 2.05) is 18.2 Å². The monoisotopic (exact) mass is 500 g/mol. The summed E-state index contributed by atoms with van der Waals surface area (Å²) < 4.78 is 18.3. The second-order valence-corrected chi connectivity index (χ2v) is 8.10. The number of ether oxygens (including phenoxy) is 2. The Labute approximate surface area is 206 Å². The standard InChI is InChI=1S/C24H28N4O8/c29-9-17(10-30)34-13-16(14-35-18(11-31)12-32)28-8-21(26-27-28)15-5-6-19(22(33)7-15)24-25-20-3-1-2-4-23(20)36-24/h1-8,16-18,29-33H,9-14H2. The van der Waals surface area contributed by atoms with Crippen LogP contribution in [0.3, 0.4) is 0 Å². The van der Waals surface area contributed by atoms with E-state index in [9.17, 15) is 25.5 Å². The van der Waals surface area contributed by atoms with Crippen LogP contribution in [-0.2, 0) is 9.47 Å². The van der Waals surface area contributed by atoms with E-state index in [1.165, 1.54) is 10.7 Å². The van der Waals surface area contributed by atoms with E-state index in [2.05, 4.69) is 15.3 Å². The number of aromatic hydroxyl groups is 1. The predicted octanol–water partition coefficient (Wildman–Crippen LogP) is 0.740. The van der Waals surface area contributed by atoms with Gasteiger partial charge in [-0.2, -0.15) is 0 Å². The molecular weight excluding hydrogens is 472 g/mol. The second-order valence-electron chi connectivity index (χ2n) is 8.10. The van der Waals surface area contributed by atoms with Gasteiger partial charge in [-0.15, -0.1) is 5.10 Å². The minimum Gasteiger partial charge on any atom is -0.507 e. The zero-order valence-electron chi connectivity index (χ0n) is 19.3. The lowest BCUT2D eigenvalue weighted by molar-refractivity contribution is -0.0680. The molecule has 0 atom stereocenters. The zero-order valence-corrected chi connectivity index (χ0v) is 19.3. The number of nitrogens with zero attached hydrogens (tertiary/aromatic N) is 4. The SMILES string of the molecule is OCC(CO)OCC(COC(CO)CO)n1cc(-c2ccc(-c3nc4ccccc4o3)c(O)c2)nn1. The first-order valence-electron chi connectivity index (χ1n) is 11.3. The van der Waals surface area contributed by atoms with Crippen LogP contribution in [0.15, 0.2) is 53.1 Å². The molecule has 0 unspecified atom stereocenters. The number of oxazole rings is 1. The largest absolute Gasteiger partial charge is 0.507 e. The quantitative estimate of drug-likeness (QED) is 0.175. The third-order valence-corrected chi connectivity index (χ3v) is 5.57. The highest BCUT2D eigenvalue weighted by molar-refractivity contribution is 5.78. The van der Waals surface area contributed by atoms with E-state index < -0.39 is 18.2 Å². The van der Waals surface area contributed by atoms with E-state index in [-0.39, 0.29) is 45.4 Å². The van der Waals surface area contributed by atoms with Crippen LogP contribution in [0.4, 0.5) is 0 Å². The van der Waals surface area contributed by atoms with E-state index in [0.717, 1.165) is 0 Å². The van der Waals surface area contributed by atoms with Gasteiger partial charge >= 0.3 is 0 Å². The molecule has 4 aromatic rings. The summed E-state index contributed by atoms with van der Waals surface area (Å²) in [7, 11) is 0. The Hall–Kier alpha value is -3.39. The summed E-state index contributed by atoms with van der Waals surface area (Å²) in [5.41, 5.74) is 2.78. The average molecular weight is 501 g/mol. The first kappa shape index (κ1) is 25.7. The van der Waals surface area contributed by atoms with Gasteiger partial charge in [0, 0.05) is 5.56 Å². The molecule has 0 spiro atoms. The number of hydrogen-bond donors (Lipinski definition) is 5. The van der Waals surface area contributed by atoms with Gasteiger partial charge in [-0.1, -0.05) is 23.4 Å². The number of phenols is 1. The summed E-state index contributed by atoms with van der Waals surface area (Å²) in [5.74, 6) is 0.252. The number of fused-ring (bicyclic) bond motifs is 1. The lowest BCUT2D eigenvalue weighted by Gasteiger charge is -2.22. The molecule has 2 aromatic carbocycles. The lowest BCUT2D eigenvalue weighted by Crippen LogP contribution is -2.31. The van der Waals surface area contributed by atoms with Crippen LogP contribution in [-0.4, -0.2) is 97.4 Å². The highest BCUT2D eigenvalue weighted by Crippen LogP contribution is 2.34. The van der Waals surface area contributed by atoms with Crippen molar-refractivity contribution in [1.82, 2.24) is 20.0 Å². The highest BCUT2D eigenvalue weighted by Gasteiger charge is 2.20. The smallest absolute Gasteiger partial charge is 0.231 e. The molecule has 0 saturated carbocycles. The Morgan fingerprint density at radius 1 is 0.889 bits per heavy atom. The number of hydrogen-bond acceptors (Lipinski definition) is 11. The number of benzene rings is 2. The Morgan fingerprint density at radius 2 is 1.56 bits per heavy atom. The first-order chi connectivity index (χ1) is 17.6. The normalized spacial score (nSPS) is 12.0. The van der Waals surface area contributed by atoms with Crippen LogP contribution < -0.4 is 0 Å². The van der Waals surface area contributed by atoms with Gasteiger partial charge in [-0.25, -0.2) is 9.67 Å². The first-order valence-corrected chi connectivity index (χ1v) is 11.3. The Morgan fingerprint density at radius 3 is 2.17 bits per heavy atom. The fourth-order valence-electron chi connectivity index (χ4n) is 3.47. The lowest BCUT2D eigenvalue weighted by atomic mass is 10.1. The molecular formula is C24H28N4O8. The van der Waals surface area contributed by atoms with Crippen molar-refractivity contribution in [2.24, 2.45) is 0 Å². The molecule has 36 heavy (non-hydrogen) atoms. The van der Waals surface area contributed by atoms with Crippen LogP contribution in [0.25, 0.3) is 33.8 Å². The number of rotatable bonds is 13. The molecule has 0 aliphatic carbocycles. The molecule has 12 heteroatoms. The molecule has 0 amide bonds. The Balaban J connectivity index is 1.54. The van der Waals surface area contributed by atoms with Gasteiger partial charge in [0.25, 0.3) is 0 Å². The summed E-state index contributed by atoms with van der Waals surface area (Å²) in [6, 6.07) is 11.7. The van der Waals surface area contributed by atoms with Crippen molar-refractivity contribution in [1.29, 1.82) is 0 Å². The molecule has 0 aliphatic rings. The fourth-order valence-corrected chi connectivity index (χ4v) is 3.47. The topological polar surface area (TPSA) is 176 Å². The average Bonchev–Trinajstić information content (AvgIpc) is 3.56. The van der Waals surface area contributed by atoms with E-state index in [4.69, 9.17) is 13.9 Å². The van der Waals surface area contributed by atoms with Crippen LogP contribution >= 0.6 is 0 Å². The molecule has 4 rings (SSSR count). The number of aliphatic hydroxyl groups excluding tert-OH is 4. The van der Waals surface area contributed by atoms with Crippen molar-refractivity contribution >= 4 is 11.1 Å². The molecule has 0 saturated heterocycles. The zero-order chi connectivity index (χ0) is 25.5. The maximum absolute atomic E-state index is 10.7. The minimum absolute atomic E-state index is 0.0140. The van der Waals surface area contributed by atoms with Crippen LogP contribution in [0.1, 0.15) is 6.04 Å². The number of aromatic nitrogens is 4. The van der Waals surface area contributed by atoms with Gasteiger partial charge in [0.05, 0.1) is 51.4 Å². The minimum atomic E-state index is -0.779. The van der Waals surface area contributed by atoms with Crippen LogP contribution in [0, 0.1) is 0 Å². The van der Waals surface area contributed by atoms with E-state index in [1.54, 1.807) is 24.4 Å². The molecule has 192 valence electrons. The third kappa shape index (κ3) is 5.87. The van der Waals surface area contributed by atoms with Crippen molar-refractivity contribution in [3.63, 3.8) is 0 Å². The molecule has 12 nitrogen and oxygen atoms in total. The van der Waals surface area contributed by atoms with Crippen molar-refractivity contribution in [3.8, 4) is 28.5 Å². The summed E-state index contributed by atoms with van der Waals surface area (Å²) in [4.78, 5) is 4.41. The van der Waals surface area contributed by atoms with Gasteiger partial charge in [-0.3, -0.25) is 0 Å². The second kappa shape index (κ2) is 12.0. The van der Waals surface area contributed by atoms with Crippen molar-refractivity contribution in [3.05, 3.63) is 48.7 Å². The maximum Gasteiger partial charge on any atom is 0.231 e. The van der Waals surface area contributed by atoms with Gasteiger partial charge in [0.15, 0.2) is 5.58 Å². The fraction of sp³-hybridized carbons (Fsp3) is 0.375. The molecule has 0 aliphatic heterocycles. The third-order valence-electron chi connectivity index (χ3n) is 5.57. The number of aliphatic hydroxyl groups is 4. The Bertz CT molecular complexity index is 1200. The van der Waals surface area contributed by atoms with Crippen LogP contribution in [0.2, 0.25) is 0 Å². The summed E-state index contributed by atoms with van der Waals surface area (Å²) >= 11 is 0. The highest BCUT2D eigenvalue weighted by atomic mass is 16.5. The summed E-state index contributed by atoms with van der Waals surface area (Å²) in [5, 5.41) is 56.1. The van der Waals surface area contributed by atoms with Gasteiger partial charge in [0.1, 0.15) is 35.2 Å². The molecule has 2 aromatic heterocycles. The molecule has 0 bridgehead atoms. The van der Waals surface area contributed by atoms with E-state index in [0.29, 0.717) is 33.8 Å². The molecule has 0 radical (unpaired) electrons. The van der Waals surface area contributed by atoms with Gasteiger partial charge in [-0.05, 0) is 24.3 Å². The number of para-hydroxylation sites is 2. The summed E-state index contributed by atoms with van der Waals surface area (Å²) in [6.07, 6.45) is 0.0714.